The summed E-state index contributed by atoms with van der Waals surface area (Å²) in [5.41, 5.74) is 1.81. The first-order valence-corrected chi connectivity index (χ1v) is 6.98. The molecule has 0 heterocycles. The Morgan fingerprint density at radius 2 is 1.57 bits per heavy atom. The molecule has 0 radical (unpaired) electrons. The summed E-state index contributed by atoms with van der Waals surface area (Å²) in [4.78, 5) is 0. The summed E-state index contributed by atoms with van der Waals surface area (Å²) >= 11 is 0. The van der Waals surface area contributed by atoms with Crippen molar-refractivity contribution in [1.29, 1.82) is 0 Å². The van der Waals surface area contributed by atoms with Crippen molar-refractivity contribution in [2.45, 2.75) is 32.0 Å². The van der Waals surface area contributed by atoms with Crippen molar-refractivity contribution in [2.75, 3.05) is 5.32 Å². The largest absolute Gasteiger partial charge is 0.412 e. The minimum Gasteiger partial charge on any atom is -0.370 e. The number of rotatable bonds is 5. The number of hydrogen-bond donors (Lipinski definition) is 1. The molecule has 0 bridgehead atoms. The van der Waals surface area contributed by atoms with Gasteiger partial charge in [-0.05, 0) is 29.7 Å². The fourth-order valence-electron chi connectivity index (χ4n) is 2.22. The van der Waals surface area contributed by atoms with Crippen LogP contribution in [0.3, 0.4) is 0 Å². The molecule has 0 aromatic heterocycles. The molecule has 0 aliphatic heterocycles. The first kappa shape index (κ1) is 15.4. The summed E-state index contributed by atoms with van der Waals surface area (Å²) in [5, 5.41) is 2.58. The molecule has 112 valence electrons. The summed E-state index contributed by atoms with van der Waals surface area (Å²) < 4.78 is 39.7. The van der Waals surface area contributed by atoms with E-state index >= 15 is 0 Å². The van der Waals surface area contributed by atoms with Crippen molar-refractivity contribution in [1.82, 2.24) is 0 Å². The lowest BCUT2D eigenvalue weighted by Crippen LogP contribution is -2.27. The third-order valence-corrected chi connectivity index (χ3v) is 3.26. The maximum atomic E-state index is 13.2. The van der Waals surface area contributed by atoms with E-state index in [-0.39, 0.29) is 5.56 Å². The van der Waals surface area contributed by atoms with Crippen molar-refractivity contribution < 1.29 is 13.2 Å². The molecule has 1 nitrogen and oxygen atoms in total. The number of alkyl halides is 3. The number of nitrogens with one attached hydrogen (secondary N) is 1. The summed E-state index contributed by atoms with van der Waals surface area (Å²) in [5.74, 6) is 0. The Morgan fingerprint density at radius 3 is 2.10 bits per heavy atom. The van der Waals surface area contributed by atoms with E-state index in [1.807, 2.05) is 12.1 Å². The Kier molecular flexibility index (Phi) is 4.89. The van der Waals surface area contributed by atoms with E-state index in [0.29, 0.717) is 5.69 Å². The minimum absolute atomic E-state index is 0.211. The standard InChI is InChI=1S/C17H18F3N/c1-2-6-13-9-11-15(12-10-13)21-16(17(18,19)20)14-7-4-3-5-8-14/h3-5,7-12,16,21H,2,6H2,1H3. The fraction of sp³-hybridized carbons (Fsp3) is 0.294. The van der Waals surface area contributed by atoms with Crippen molar-refractivity contribution in [3.63, 3.8) is 0 Å². The molecule has 1 N–H and O–H groups in total. The molecule has 4 heteroatoms. The second-order valence-electron chi connectivity index (χ2n) is 4.98. The normalized spacial score (nSPS) is 13.0. The average Bonchev–Trinajstić information content (AvgIpc) is 2.46. The van der Waals surface area contributed by atoms with Gasteiger partial charge < -0.3 is 5.32 Å². The lowest BCUT2D eigenvalue weighted by molar-refractivity contribution is -0.144. The van der Waals surface area contributed by atoms with E-state index in [9.17, 15) is 13.2 Å². The SMILES string of the molecule is CCCc1ccc(NC(c2ccccc2)C(F)(F)F)cc1. The van der Waals surface area contributed by atoms with Gasteiger partial charge in [-0.25, -0.2) is 0 Å². The molecule has 21 heavy (non-hydrogen) atoms. The van der Waals surface area contributed by atoms with Gasteiger partial charge in [-0.2, -0.15) is 13.2 Å². The van der Waals surface area contributed by atoms with Gasteiger partial charge in [-0.1, -0.05) is 55.8 Å². The quantitative estimate of drug-likeness (QED) is 0.783. The lowest BCUT2D eigenvalue weighted by atomic mass is 10.1. The smallest absolute Gasteiger partial charge is 0.370 e. The molecule has 0 saturated heterocycles. The molecule has 0 saturated carbocycles. The van der Waals surface area contributed by atoms with Crippen LogP contribution in [-0.2, 0) is 6.42 Å². The van der Waals surface area contributed by atoms with Gasteiger partial charge in [-0.3, -0.25) is 0 Å². The van der Waals surface area contributed by atoms with Gasteiger partial charge in [0.25, 0.3) is 0 Å². The Hall–Kier alpha value is -1.97. The molecule has 0 aliphatic carbocycles. The van der Waals surface area contributed by atoms with E-state index in [1.165, 1.54) is 12.1 Å². The number of aryl methyl sites for hydroxylation is 1. The number of anilines is 1. The molecule has 0 fully saturated rings. The van der Waals surface area contributed by atoms with Gasteiger partial charge >= 0.3 is 6.18 Å². The van der Waals surface area contributed by atoms with Crippen LogP contribution in [0.15, 0.2) is 54.6 Å². The van der Waals surface area contributed by atoms with Crippen LogP contribution in [0.4, 0.5) is 18.9 Å². The molecule has 0 amide bonds. The van der Waals surface area contributed by atoms with Crippen molar-refractivity contribution in [2.24, 2.45) is 0 Å². The third kappa shape index (κ3) is 4.25. The van der Waals surface area contributed by atoms with Crippen LogP contribution in [-0.4, -0.2) is 6.18 Å². The Balaban J connectivity index is 2.20. The van der Waals surface area contributed by atoms with Gasteiger partial charge in [0, 0.05) is 5.69 Å². The molecule has 0 aliphatic rings. The van der Waals surface area contributed by atoms with Crippen molar-refractivity contribution >= 4 is 5.69 Å². The maximum Gasteiger partial charge on any atom is 0.412 e. The van der Waals surface area contributed by atoms with E-state index in [1.54, 1.807) is 30.3 Å². The fourth-order valence-corrected chi connectivity index (χ4v) is 2.22. The summed E-state index contributed by atoms with van der Waals surface area (Å²) in [6.45, 7) is 2.07. The second kappa shape index (κ2) is 6.66. The second-order valence-corrected chi connectivity index (χ2v) is 4.98. The highest BCUT2D eigenvalue weighted by Crippen LogP contribution is 2.35. The molecule has 1 atom stereocenters. The van der Waals surface area contributed by atoms with E-state index in [2.05, 4.69) is 12.2 Å². The van der Waals surface area contributed by atoms with E-state index in [0.717, 1.165) is 18.4 Å². The predicted molar refractivity (Wildman–Crippen MR) is 79.3 cm³/mol. The zero-order chi connectivity index (χ0) is 15.3. The van der Waals surface area contributed by atoms with Crippen LogP contribution in [0.25, 0.3) is 0 Å². The topological polar surface area (TPSA) is 12.0 Å². The first-order valence-electron chi connectivity index (χ1n) is 6.98. The summed E-state index contributed by atoms with van der Waals surface area (Å²) in [6, 6.07) is 13.3. The predicted octanol–water partition coefficient (Wildman–Crippen LogP) is 5.35. The van der Waals surface area contributed by atoms with E-state index in [4.69, 9.17) is 0 Å². The monoisotopic (exact) mass is 293 g/mol. The third-order valence-electron chi connectivity index (χ3n) is 3.26. The first-order chi connectivity index (χ1) is 10.0. The van der Waals surface area contributed by atoms with E-state index < -0.39 is 12.2 Å². The zero-order valence-corrected chi connectivity index (χ0v) is 11.8. The lowest BCUT2D eigenvalue weighted by Gasteiger charge is -2.23. The molecular formula is C17H18F3N. The Morgan fingerprint density at radius 1 is 0.952 bits per heavy atom. The highest BCUT2D eigenvalue weighted by atomic mass is 19.4. The summed E-state index contributed by atoms with van der Waals surface area (Å²) in [7, 11) is 0. The number of benzene rings is 2. The van der Waals surface area contributed by atoms with Crippen LogP contribution >= 0.6 is 0 Å². The number of halogens is 3. The van der Waals surface area contributed by atoms with Crippen molar-refractivity contribution in [3.05, 3.63) is 65.7 Å². The molecule has 0 spiro atoms. The minimum atomic E-state index is -4.34. The van der Waals surface area contributed by atoms with Crippen LogP contribution in [0.2, 0.25) is 0 Å². The highest BCUT2D eigenvalue weighted by Gasteiger charge is 2.40. The molecule has 1 unspecified atom stereocenters. The Bertz CT molecular complexity index is 546. The zero-order valence-electron chi connectivity index (χ0n) is 11.8. The number of hydrogen-bond acceptors (Lipinski definition) is 1. The van der Waals surface area contributed by atoms with Gasteiger partial charge in [0.05, 0.1) is 0 Å². The molecule has 2 aromatic carbocycles. The Labute approximate surface area is 122 Å². The van der Waals surface area contributed by atoms with Gasteiger partial charge in [0.2, 0.25) is 0 Å². The van der Waals surface area contributed by atoms with Crippen LogP contribution < -0.4 is 5.32 Å². The molecule has 2 aromatic rings. The molecule has 2 rings (SSSR count). The van der Waals surface area contributed by atoms with Crippen LogP contribution in [0.1, 0.15) is 30.5 Å². The summed E-state index contributed by atoms with van der Waals surface area (Å²) in [6.07, 6.45) is -2.40. The van der Waals surface area contributed by atoms with Crippen LogP contribution in [0.5, 0.6) is 0 Å². The molecular weight excluding hydrogens is 275 g/mol. The van der Waals surface area contributed by atoms with Crippen molar-refractivity contribution in [3.8, 4) is 0 Å². The average molecular weight is 293 g/mol. The van der Waals surface area contributed by atoms with Gasteiger partial charge in [0.15, 0.2) is 0 Å². The van der Waals surface area contributed by atoms with Crippen LogP contribution in [0, 0.1) is 0 Å². The van der Waals surface area contributed by atoms with Gasteiger partial charge in [-0.15, -0.1) is 0 Å². The highest BCUT2D eigenvalue weighted by molar-refractivity contribution is 5.47. The maximum absolute atomic E-state index is 13.2. The van der Waals surface area contributed by atoms with Gasteiger partial charge in [0.1, 0.15) is 6.04 Å².